The zero-order chi connectivity index (χ0) is 15.8. The third-order valence-corrected chi connectivity index (χ3v) is 3.44. The van der Waals surface area contributed by atoms with Crippen molar-refractivity contribution >= 4 is 5.91 Å². The van der Waals surface area contributed by atoms with Crippen LogP contribution in [0.3, 0.4) is 0 Å². The summed E-state index contributed by atoms with van der Waals surface area (Å²) in [4.78, 5) is 13.9. The van der Waals surface area contributed by atoms with Gasteiger partial charge < -0.3 is 15.0 Å². The zero-order valence-corrected chi connectivity index (χ0v) is 13.1. The zero-order valence-electron chi connectivity index (χ0n) is 13.1. The summed E-state index contributed by atoms with van der Waals surface area (Å²) in [5.74, 6) is 0.653. The average molecular weight is 289 g/mol. The molecule has 21 heavy (non-hydrogen) atoms. The number of likely N-dealkylation sites (N-methyl/N-ethyl adjacent to an activating group) is 1. The molecule has 0 radical (unpaired) electrons. The topological polar surface area (TPSA) is 65.4 Å². The first kappa shape index (κ1) is 17.0. The molecule has 1 aromatic carbocycles. The number of hydrogen-bond donors (Lipinski definition) is 1. The molecule has 1 rings (SSSR count). The van der Waals surface area contributed by atoms with Crippen molar-refractivity contribution in [2.24, 2.45) is 0 Å². The number of hydrogen-bond acceptors (Lipinski definition) is 4. The van der Waals surface area contributed by atoms with Crippen LogP contribution in [0, 0.1) is 11.3 Å². The number of nitrogens with zero attached hydrogens (tertiary/aromatic N) is 2. The van der Waals surface area contributed by atoms with Crippen molar-refractivity contribution in [3.8, 4) is 11.8 Å². The van der Waals surface area contributed by atoms with Crippen molar-refractivity contribution < 1.29 is 9.53 Å². The molecule has 1 aromatic rings. The molecule has 0 aliphatic carbocycles. The minimum absolute atomic E-state index is 0.0978. The van der Waals surface area contributed by atoms with E-state index in [0.717, 1.165) is 5.56 Å². The Morgan fingerprint density at radius 2 is 2.10 bits per heavy atom. The first-order valence-corrected chi connectivity index (χ1v) is 7.16. The van der Waals surface area contributed by atoms with Crippen molar-refractivity contribution in [3.63, 3.8) is 0 Å². The molecular weight excluding hydrogens is 266 g/mol. The molecule has 1 N–H and O–H groups in total. The van der Waals surface area contributed by atoms with Crippen LogP contribution in [0.15, 0.2) is 18.2 Å². The first-order chi connectivity index (χ1) is 10.1. The van der Waals surface area contributed by atoms with Gasteiger partial charge >= 0.3 is 0 Å². The summed E-state index contributed by atoms with van der Waals surface area (Å²) in [6.45, 7) is 7.79. The van der Waals surface area contributed by atoms with E-state index < -0.39 is 0 Å². The molecule has 0 aromatic heterocycles. The molecule has 5 nitrogen and oxygen atoms in total. The number of carbonyl (C=O) groups is 1. The molecule has 0 spiro atoms. The fourth-order valence-corrected chi connectivity index (χ4v) is 2.11. The van der Waals surface area contributed by atoms with Crippen molar-refractivity contribution in [2.75, 3.05) is 20.2 Å². The smallest absolute Gasteiger partial charge is 0.239 e. The van der Waals surface area contributed by atoms with E-state index in [-0.39, 0.29) is 11.9 Å². The highest BCUT2D eigenvalue weighted by molar-refractivity contribution is 5.81. The molecule has 0 aliphatic heterocycles. The van der Waals surface area contributed by atoms with Gasteiger partial charge in [0.25, 0.3) is 0 Å². The second kappa shape index (κ2) is 8.28. The van der Waals surface area contributed by atoms with E-state index in [2.05, 4.69) is 11.4 Å². The Hall–Kier alpha value is -2.06. The Bertz CT molecular complexity index is 519. The number of nitrogens with one attached hydrogen (secondary N) is 1. The van der Waals surface area contributed by atoms with Crippen LogP contribution in [0.4, 0.5) is 0 Å². The molecule has 0 fully saturated rings. The second-order valence-corrected chi connectivity index (χ2v) is 4.76. The summed E-state index contributed by atoms with van der Waals surface area (Å²) in [5, 5.41) is 12.2. The van der Waals surface area contributed by atoms with Crippen LogP contribution in [0.5, 0.6) is 5.75 Å². The summed E-state index contributed by atoms with van der Waals surface area (Å²) in [7, 11) is 1.54. The van der Waals surface area contributed by atoms with Crippen LogP contribution >= 0.6 is 0 Å². The van der Waals surface area contributed by atoms with Crippen LogP contribution in [0.25, 0.3) is 0 Å². The molecule has 0 heterocycles. The van der Waals surface area contributed by atoms with Gasteiger partial charge in [-0.15, -0.1) is 0 Å². The maximum Gasteiger partial charge on any atom is 0.239 e. The Morgan fingerprint density at radius 3 is 2.62 bits per heavy atom. The number of amides is 1. The molecule has 0 aliphatic rings. The highest BCUT2D eigenvalue weighted by atomic mass is 16.5. The van der Waals surface area contributed by atoms with Crippen LogP contribution in [0.2, 0.25) is 0 Å². The van der Waals surface area contributed by atoms with Crippen molar-refractivity contribution in [1.82, 2.24) is 10.2 Å². The second-order valence-electron chi connectivity index (χ2n) is 4.76. The van der Waals surface area contributed by atoms with Gasteiger partial charge in [0.2, 0.25) is 5.91 Å². The Morgan fingerprint density at radius 1 is 1.43 bits per heavy atom. The van der Waals surface area contributed by atoms with E-state index in [0.29, 0.717) is 30.9 Å². The normalized spacial score (nSPS) is 11.6. The largest absolute Gasteiger partial charge is 0.495 e. The predicted octanol–water partition coefficient (Wildman–Crippen LogP) is 1.91. The van der Waals surface area contributed by atoms with Gasteiger partial charge in [0.05, 0.1) is 18.7 Å². The van der Waals surface area contributed by atoms with Crippen molar-refractivity contribution in [1.29, 1.82) is 5.26 Å². The van der Waals surface area contributed by atoms with Crippen molar-refractivity contribution in [3.05, 3.63) is 29.3 Å². The maximum atomic E-state index is 12.1. The summed E-state index contributed by atoms with van der Waals surface area (Å²) >= 11 is 0. The molecule has 1 atom stereocenters. The van der Waals surface area contributed by atoms with E-state index >= 15 is 0 Å². The van der Waals surface area contributed by atoms with Crippen LogP contribution in [-0.2, 0) is 11.3 Å². The van der Waals surface area contributed by atoms with Gasteiger partial charge in [-0.1, -0.05) is 6.07 Å². The summed E-state index contributed by atoms with van der Waals surface area (Å²) in [6.07, 6.45) is 0. The van der Waals surface area contributed by atoms with Crippen molar-refractivity contribution in [2.45, 2.75) is 33.4 Å². The number of methoxy groups -OCH3 is 1. The van der Waals surface area contributed by atoms with E-state index in [4.69, 9.17) is 10.00 Å². The fraction of sp³-hybridized carbons (Fsp3) is 0.500. The number of ether oxygens (including phenoxy) is 1. The van der Waals surface area contributed by atoms with Gasteiger partial charge in [-0.05, 0) is 38.5 Å². The lowest BCUT2D eigenvalue weighted by atomic mass is 10.1. The minimum Gasteiger partial charge on any atom is -0.495 e. The number of rotatable bonds is 7. The monoisotopic (exact) mass is 289 g/mol. The molecule has 1 amide bonds. The van der Waals surface area contributed by atoms with Gasteiger partial charge in [0.1, 0.15) is 11.8 Å². The van der Waals surface area contributed by atoms with Crippen LogP contribution < -0.4 is 10.1 Å². The molecular formula is C16H23N3O2. The fourth-order valence-electron chi connectivity index (χ4n) is 2.11. The maximum absolute atomic E-state index is 12.1. The molecule has 0 saturated carbocycles. The Kier molecular flexibility index (Phi) is 6.70. The van der Waals surface area contributed by atoms with Gasteiger partial charge in [-0.25, -0.2) is 0 Å². The lowest BCUT2D eigenvalue weighted by Gasteiger charge is -2.23. The molecule has 1 unspecified atom stereocenters. The van der Waals surface area contributed by atoms with Gasteiger partial charge in [0, 0.05) is 19.6 Å². The van der Waals surface area contributed by atoms with E-state index in [1.807, 2.05) is 32.9 Å². The summed E-state index contributed by atoms with van der Waals surface area (Å²) in [6, 6.07) is 7.25. The predicted molar refractivity (Wildman–Crippen MR) is 81.9 cm³/mol. The molecule has 0 bridgehead atoms. The SMILES string of the molecule is CCN(CC)C(=O)C(C)NCc1ccc(C#N)c(OC)c1. The molecule has 114 valence electrons. The third kappa shape index (κ3) is 4.47. The van der Waals surface area contributed by atoms with Gasteiger partial charge in [-0.3, -0.25) is 4.79 Å². The van der Waals surface area contributed by atoms with E-state index in [9.17, 15) is 4.79 Å². The quantitative estimate of drug-likeness (QED) is 0.833. The van der Waals surface area contributed by atoms with Crippen LogP contribution in [0.1, 0.15) is 31.9 Å². The van der Waals surface area contributed by atoms with E-state index in [1.165, 1.54) is 0 Å². The number of carbonyl (C=O) groups excluding carboxylic acids is 1. The van der Waals surface area contributed by atoms with Gasteiger partial charge in [-0.2, -0.15) is 5.26 Å². The lowest BCUT2D eigenvalue weighted by Crippen LogP contribution is -2.44. The Balaban J connectivity index is 2.67. The highest BCUT2D eigenvalue weighted by Gasteiger charge is 2.17. The van der Waals surface area contributed by atoms with Crippen LogP contribution in [-0.4, -0.2) is 37.0 Å². The number of nitriles is 1. The van der Waals surface area contributed by atoms with Gasteiger partial charge in [0.15, 0.2) is 0 Å². The Labute approximate surface area is 126 Å². The molecule has 0 saturated heterocycles. The standard InChI is InChI=1S/C16H23N3O2/c1-5-19(6-2)16(20)12(3)18-11-13-7-8-14(10-17)15(9-13)21-4/h7-9,12,18H,5-6,11H2,1-4H3. The highest BCUT2D eigenvalue weighted by Crippen LogP contribution is 2.19. The molecule has 5 heteroatoms. The number of benzene rings is 1. The minimum atomic E-state index is -0.244. The summed E-state index contributed by atoms with van der Waals surface area (Å²) in [5.41, 5.74) is 1.48. The first-order valence-electron chi connectivity index (χ1n) is 7.16. The lowest BCUT2D eigenvalue weighted by molar-refractivity contribution is -0.132. The average Bonchev–Trinajstić information content (AvgIpc) is 2.53. The van der Waals surface area contributed by atoms with E-state index in [1.54, 1.807) is 18.1 Å². The summed E-state index contributed by atoms with van der Waals surface area (Å²) < 4.78 is 5.18. The third-order valence-electron chi connectivity index (χ3n) is 3.44.